The zero-order valence-electron chi connectivity index (χ0n) is 42.9. The molecular weight excluding hydrogens is 1340 g/mol. The first-order valence-corrected chi connectivity index (χ1v) is 25.2. The molecule has 0 aliphatic carbocycles. The smallest absolute Gasteiger partial charge is 0.219 e. The highest BCUT2D eigenvalue weighted by molar-refractivity contribution is 6.00. The second kappa shape index (κ2) is 30.2. The number of H-pyrrole nitrogens is 2. The van der Waals surface area contributed by atoms with Gasteiger partial charge in [-0.05, 0) is 136 Å². The first-order valence-electron chi connectivity index (χ1n) is 25.2. The van der Waals surface area contributed by atoms with Gasteiger partial charge in [0.05, 0.1) is 22.8 Å². The van der Waals surface area contributed by atoms with Gasteiger partial charge < -0.3 is 121 Å². The van der Waals surface area contributed by atoms with Crippen molar-refractivity contribution in [2.45, 2.75) is 51.5 Å². The summed E-state index contributed by atoms with van der Waals surface area (Å²) in [6, 6.07) is 25.9. The molecule has 2 aliphatic heterocycles. The van der Waals surface area contributed by atoms with Gasteiger partial charge in [0.15, 0.2) is 49.6 Å². The number of carbonyl (C=O) groups excluding carboxylic acids is 1. The number of fused-ring (bicyclic) bond motifs is 8. The van der Waals surface area contributed by atoms with Crippen LogP contribution < -0.4 is 129 Å². The van der Waals surface area contributed by atoms with Crippen LogP contribution in [0.3, 0.4) is 0 Å². The molecule has 9 heterocycles. The minimum Gasteiger partial charge on any atom is -1.00 e. The van der Waals surface area contributed by atoms with E-state index in [1.165, 1.54) is 0 Å². The van der Waals surface area contributed by atoms with Crippen LogP contribution in [0, 0.1) is 0 Å². The normalized spacial score (nSPS) is 11.3. The number of nitrogens with zero attached hydrogens (tertiary/aromatic N) is 6. The van der Waals surface area contributed by atoms with Gasteiger partial charge in [-0.1, -0.05) is 0 Å². The number of aromatic amines is 2. The molecule has 0 spiro atoms. The van der Waals surface area contributed by atoms with Gasteiger partial charge in [0.1, 0.15) is 27.7 Å². The van der Waals surface area contributed by atoms with Gasteiger partial charge in [0, 0.05) is 112 Å². The van der Waals surface area contributed by atoms with Crippen LogP contribution in [0.1, 0.15) is 67.7 Å². The molecule has 8 bridgehead atoms. The lowest BCUT2D eigenvalue weighted by atomic mass is 10.0. The maximum Gasteiger partial charge on any atom is 0.219 e. The minimum atomic E-state index is 0. The first kappa shape index (κ1) is 61.1. The van der Waals surface area contributed by atoms with Gasteiger partial charge in [-0.25, -0.2) is 28.2 Å². The van der Waals surface area contributed by atoms with Crippen molar-refractivity contribution in [1.29, 1.82) is 0 Å². The molecule has 2 aliphatic rings. The van der Waals surface area contributed by atoms with E-state index in [9.17, 15) is 4.79 Å². The molecule has 0 radical (unpaired) electrons. The molecule has 0 aromatic carbocycles. The van der Waals surface area contributed by atoms with Gasteiger partial charge >= 0.3 is 0 Å². The Kier molecular flexibility index (Phi) is 24.6. The zero-order valence-corrected chi connectivity index (χ0v) is 51.0. The van der Waals surface area contributed by atoms with Gasteiger partial charge in [-0.2, -0.15) is 0 Å². The Morgan fingerprint density at radius 3 is 1.29 bits per heavy atom. The van der Waals surface area contributed by atoms with Crippen LogP contribution in [0.25, 0.3) is 90.9 Å². The molecule has 0 saturated heterocycles. The SMILES string of the molecule is C[n+]1ccc(-c2c3nc(c(-c4cc[n+](C)cc4)c4ccc([nH]4)c(-c4cc[n+](CCCCC(=O)NCCCNCCCCNCCCN)cc4)c4ccc([nH]4)c(-c4cc[n+](C)cc4)c4nc2C=C4)C=C3)cc1.[Br-].[I-].[I-].[I-]. The van der Waals surface area contributed by atoms with E-state index in [0.29, 0.717) is 13.0 Å². The summed E-state index contributed by atoms with van der Waals surface area (Å²) >= 11 is 0. The minimum absolute atomic E-state index is 0. The number of aryl methyl sites for hydroxylation is 4. The first-order chi connectivity index (χ1) is 34.8. The second-order valence-electron chi connectivity index (χ2n) is 18.6. The van der Waals surface area contributed by atoms with Gasteiger partial charge in [-0.3, -0.25) is 4.79 Å². The Balaban J connectivity index is 0.00000260. The predicted molar refractivity (Wildman–Crippen MR) is 284 cm³/mol. The highest BCUT2D eigenvalue weighted by Crippen LogP contribution is 2.38. The van der Waals surface area contributed by atoms with E-state index in [4.69, 9.17) is 15.7 Å². The zero-order chi connectivity index (χ0) is 48.9. The number of unbranched alkanes of at least 4 members (excludes halogenated alkanes) is 2. The van der Waals surface area contributed by atoms with E-state index in [2.05, 4.69) is 177 Å². The number of halogens is 4. The third-order valence-electron chi connectivity index (χ3n) is 13.2. The molecule has 7 N–H and O–H groups in total. The van der Waals surface area contributed by atoms with Crippen molar-refractivity contribution in [2.75, 3.05) is 39.3 Å². The molecule has 75 heavy (non-hydrogen) atoms. The van der Waals surface area contributed by atoms with Crippen LogP contribution >= 0.6 is 0 Å². The largest absolute Gasteiger partial charge is 1.00 e. The summed E-state index contributed by atoms with van der Waals surface area (Å²) in [7, 11) is 6.10. The van der Waals surface area contributed by atoms with E-state index in [1.54, 1.807) is 0 Å². The Labute approximate surface area is 502 Å². The summed E-state index contributed by atoms with van der Waals surface area (Å²) in [6.45, 7) is 6.20. The van der Waals surface area contributed by atoms with Crippen molar-refractivity contribution in [3.8, 4) is 44.5 Å². The van der Waals surface area contributed by atoms with Crippen molar-refractivity contribution in [1.82, 2.24) is 35.9 Å². The van der Waals surface area contributed by atoms with E-state index in [0.717, 1.165) is 167 Å². The van der Waals surface area contributed by atoms with E-state index in [1.807, 2.05) is 34.8 Å². The second-order valence-corrected chi connectivity index (χ2v) is 18.6. The number of amides is 1. The topological polar surface area (TPSA) is 152 Å². The monoisotopic (exact) mass is 1410 g/mol. The van der Waals surface area contributed by atoms with E-state index >= 15 is 0 Å². The van der Waals surface area contributed by atoms with Crippen LogP contribution in [0.15, 0.2) is 122 Å². The predicted octanol–water partition coefficient (Wildman–Crippen LogP) is -4.91. The summed E-state index contributed by atoms with van der Waals surface area (Å²) in [4.78, 5) is 31.3. The van der Waals surface area contributed by atoms with Gasteiger partial charge in [-0.15, -0.1) is 0 Å². The van der Waals surface area contributed by atoms with Gasteiger partial charge in [0.2, 0.25) is 5.91 Å². The van der Waals surface area contributed by atoms with Gasteiger partial charge in [0.25, 0.3) is 0 Å². The summed E-state index contributed by atoms with van der Waals surface area (Å²) in [5, 5.41) is 10.0. The maximum atomic E-state index is 12.7. The third kappa shape index (κ3) is 15.9. The number of hydrogen-bond acceptors (Lipinski definition) is 6. The van der Waals surface area contributed by atoms with Crippen molar-refractivity contribution < 1.29 is 112 Å². The van der Waals surface area contributed by atoms with Crippen LogP contribution in [-0.4, -0.2) is 65.1 Å². The van der Waals surface area contributed by atoms with Crippen LogP contribution in [-0.2, 0) is 32.5 Å². The molecule has 0 atom stereocenters. The fourth-order valence-electron chi connectivity index (χ4n) is 9.28. The molecule has 13 nitrogen and oxygen atoms in total. The van der Waals surface area contributed by atoms with Crippen molar-refractivity contribution in [3.05, 3.63) is 145 Å². The van der Waals surface area contributed by atoms with Crippen LogP contribution in [0.2, 0.25) is 0 Å². The molecule has 394 valence electrons. The van der Waals surface area contributed by atoms with Crippen LogP contribution in [0.5, 0.6) is 0 Å². The fourth-order valence-corrected chi connectivity index (χ4v) is 9.28. The number of aromatic nitrogens is 8. The van der Waals surface area contributed by atoms with E-state index in [-0.39, 0.29) is 94.8 Å². The number of hydrogen-bond donors (Lipinski definition) is 6. The highest BCUT2D eigenvalue weighted by atomic mass is 127. The molecule has 7 aromatic heterocycles. The van der Waals surface area contributed by atoms with Crippen molar-refractivity contribution in [3.63, 3.8) is 0 Å². The summed E-state index contributed by atoms with van der Waals surface area (Å²) < 4.78 is 8.35. The summed E-state index contributed by atoms with van der Waals surface area (Å²) in [5.41, 5.74) is 21.1. The average Bonchev–Trinajstić information content (AvgIpc) is 4.24. The number of pyridine rings is 4. The summed E-state index contributed by atoms with van der Waals surface area (Å²) in [5.74, 6) is 0.123. The van der Waals surface area contributed by atoms with Crippen molar-refractivity contribution in [2.24, 2.45) is 26.9 Å². The average molecular weight is 1410 g/mol. The molecule has 7 aromatic rings. The quantitative estimate of drug-likeness (QED) is 0.0242. The molecular formula is C58H68BrI3N12O. The Morgan fingerprint density at radius 2 is 0.840 bits per heavy atom. The third-order valence-corrected chi connectivity index (χ3v) is 13.2. The molecule has 9 rings (SSSR count). The maximum absolute atomic E-state index is 12.7. The lowest BCUT2D eigenvalue weighted by molar-refractivity contribution is -0.697. The van der Waals surface area contributed by atoms with Crippen LogP contribution in [0.4, 0.5) is 0 Å². The fraction of sp³-hybridized carbons (Fsp3) is 0.293. The Morgan fingerprint density at radius 1 is 0.467 bits per heavy atom. The Bertz CT molecular complexity index is 3050. The number of nitrogens with two attached hydrogens (primary N) is 1. The molecule has 1 amide bonds. The number of carbonyl (C=O) groups is 1. The molecule has 0 saturated carbocycles. The Hall–Kier alpha value is -4.78. The molecule has 0 unspecified atom stereocenters. The summed E-state index contributed by atoms with van der Waals surface area (Å²) in [6.07, 6.45) is 31.7. The molecule has 17 heteroatoms. The number of rotatable bonds is 21. The van der Waals surface area contributed by atoms with Crippen molar-refractivity contribution >= 4 is 52.3 Å². The lowest BCUT2D eigenvalue weighted by Gasteiger charge is -2.07. The standard InChI is InChI=1S/C58H66N12O.BrH.3HI/c1-67-34-19-42(20-35-67)55-46-11-13-48(63-46)56(43-21-36-68(2)37-22-43)50-15-17-52(65-50)58(53-18-16-51(66-53)57(49-14-12-47(55)64-49)44-23-38-69(3)39-24-44)45-25-40-70(41-26-45)33-7-4-10-54(71)62-32-9-31-61-29-6-5-28-60-30-8-27-59;;;;/h11-26,34-41,60-61H,4-10,27-33,59H2,1-3H3,(H-,62,63,64,65,66,71);4*1H/q+2;;;;/p-2. The number of nitrogens with one attached hydrogen (secondary N) is 5. The lowest BCUT2D eigenvalue weighted by Crippen LogP contribution is -3.00. The highest BCUT2D eigenvalue weighted by Gasteiger charge is 2.21. The molecule has 0 fully saturated rings. The van der Waals surface area contributed by atoms with E-state index < -0.39 is 0 Å².